The van der Waals surface area contributed by atoms with E-state index in [-0.39, 0.29) is 12.1 Å². The van der Waals surface area contributed by atoms with Gasteiger partial charge in [0.1, 0.15) is 11.4 Å². The summed E-state index contributed by atoms with van der Waals surface area (Å²) in [7, 11) is 1.78. The van der Waals surface area contributed by atoms with E-state index >= 15 is 0 Å². The van der Waals surface area contributed by atoms with Gasteiger partial charge >= 0.3 is 12.1 Å². The number of ether oxygens (including phenoxy) is 1. The van der Waals surface area contributed by atoms with Crippen LogP contribution in [0.25, 0.3) is 0 Å². The number of nitrogens with one attached hydrogen (secondary N) is 2. The van der Waals surface area contributed by atoms with Crippen molar-refractivity contribution in [1.29, 1.82) is 0 Å². The van der Waals surface area contributed by atoms with Crippen LogP contribution in [0.3, 0.4) is 0 Å². The highest BCUT2D eigenvalue weighted by atomic mass is 16.6. The van der Waals surface area contributed by atoms with Gasteiger partial charge in [-0.2, -0.15) is 5.10 Å². The van der Waals surface area contributed by atoms with Crippen molar-refractivity contribution in [2.24, 2.45) is 7.05 Å². The Labute approximate surface area is 142 Å². The third kappa shape index (κ3) is 4.39. The van der Waals surface area contributed by atoms with E-state index < -0.39 is 5.60 Å². The van der Waals surface area contributed by atoms with Crippen LogP contribution < -0.4 is 10.6 Å². The maximum absolute atomic E-state index is 12.3. The fourth-order valence-corrected chi connectivity index (χ4v) is 2.53. The molecule has 1 aromatic rings. The van der Waals surface area contributed by atoms with Crippen molar-refractivity contribution in [3.63, 3.8) is 0 Å². The van der Waals surface area contributed by atoms with Crippen LogP contribution in [-0.4, -0.2) is 45.5 Å². The molecule has 8 heteroatoms. The summed E-state index contributed by atoms with van der Waals surface area (Å²) in [6, 6.07) is -0.267. The highest BCUT2D eigenvalue weighted by molar-refractivity contribution is 5.89. The summed E-state index contributed by atoms with van der Waals surface area (Å²) in [4.78, 5) is 25.9. The fourth-order valence-electron chi connectivity index (χ4n) is 2.53. The number of hydrogen-bond donors (Lipinski definition) is 2. The largest absolute Gasteiger partial charge is 0.444 e. The maximum Gasteiger partial charge on any atom is 0.410 e. The number of amides is 3. The Morgan fingerprint density at radius 1 is 1.33 bits per heavy atom. The molecule has 1 aliphatic heterocycles. The first-order valence-corrected chi connectivity index (χ1v) is 8.28. The van der Waals surface area contributed by atoms with Crippen LogP contribution in [0.15, 0.2) is 0 Å². The van der Waals surface area contributed by atoms with Gasteiger partial charge in [-0.3, -0.25) is 10.00 Å². The van der Waals surface area contributed by atoms with Crippen LogP contribution in [0.5, 0.6) is 0 Å². The summed E-state index contributed by atoms with van der Waals surface area (Å²) in [5.41, 5.74) is 1.23. The van der Waals surface area contributed by atoms with Gasteiger partial charge < -0.3 is 15.0 Å². The highest BCUT2D eigenvalue weighted by Crippen LogP contribution is 2.26. The van der Waals surface area contributed by atoms with Crippen molar-refractivity contribution >= 4 is 17.9 Å². The number of anilines is 1. The SMILES string of the molecule is CCCNC(=O)Nc1c2c(nn1C)CCN(C(=O)OC(C)(C)C)C2. The van der Waals surface area contributed by atoms with Crippen molar-refractivity contribution in [2.45, 2.75) is 52.7 Å². The molecule has 1 aromatic heterocycles. The molecular weight excluding hydrogens is 310 g/mol. The zero-order chi connectivity index (χ0) is 17.9. The van der Waals surface area contributed by atoms with Crippen LogP contribution in [0.2, 0.25) is 0 Å². The Kier molecular flexibility index (Phi) is 5.36. The average molecular weight is 337 g/mol. The highest BCUT2D eigenvalue weighted by Gasteiger charge is 2.30. The molecule has 0 bridgehead atoms. The summed E-state index contributed by atoms with van der Waals surface area (Å²) in [6.07, 6.45) is 1.16. The minimum absolute atomic E-state index is 0.267. The van der Waals surface area contributed by atoms with E-state index in [2.05, 4.69) is 15.7 Å². The van der Waals surface area contributed by atoms with Gasteiger partial charge in [-0.05, 0) is 27.2 Å². The van der Waals surface area contributed by atoms with Crippen molar-refractivity contribution in [2.75, 3.05) is 18.4 Å². The molecule has 0 aromatic carbocycles. The first-order chi connectivity index (χ1) is 11.2. The normalized spacial score (nSPS) is 14.1. The van der Waals surface area contributed by atoms with E-state index in [0.717, 1.165) is 17.7 Å². The second-order valence-electron chi connectivity index (χ2n) is 6.93. The van der Waals surface area contributed by atoms with Gasteiger partial charge in [0.2, 0.25) is 0 Å². The summed E-state index contributed by atoms with van der Waals surface area (Å²) < 4.78 is 7.08. The van der Waals surface area contributed by atoms with Gasteiger partial charge in [-0.25, -0.2) is 9.59 Å². The van der Waals surface area contributed by atoms with Gasteiger partial charge in [0, 0.05) is 32.1 Å². The molecule has 0 aliphatic carbocycles. The molecule has 0 fully saturated rings. The third-order valence-electron chi connectivity index (χ3n) is 3.62. The molecule has 1 aliphatic rings. The summed E-state index contributed by atoms with van der Waals surface area (Å²) >= 11 is 0. The fraction of sp³-hybridized carbons (Fsp3) is 0.688. The van der Waals surface area contributed by atoms with Crippen molar-refractivity contribution < 1.29 is 14.3 Å². The van der Waals surface area contributed by atoms with E-state index in [1.165, 1.54) is 0 Å². The Morgan fingerprint density at radius 3 is 2.67 bits per heavy atom. The van der Waals surface area contributed by atoms with Crippen molar-refractivity contribution in [3.8, 4) is 0 Å². The number of nitrogens with zero attached hydrogens (tertiary/aromatic N) is 3. The van der Waals surface area contributed by atoms with Crippen LogP contribution in [0, 0.1) is 0 Å². The molecule has 0 spiro atoms. The lowest BCUT2D eigenvalue weighted by Gasteiger charge is -2.29. The molecule has 2 N–H and O–H groups in total. The second-order valence-corrected chi connectivity index (χ2v) is 6.93. The molecule has 8 nitrogen and oxygen atoms in total. The van der Waals surface area contributed by atoms with Crippen LogP contribution in [-0.2, 0) is 24.8 Å². The minimum Gasteiger partial charge on any atom is -0.444 e. The second kappa shape index (κ2) is 7.11. The lowest BCUT2D eigenvalue weighted by atomic mass is 10.1. The van der Waals surface area contributed by atoms with Crippen LogP contribution >= 0.6 is 0 Å². The number of urea groups is 1. The van der Waals surface area contributed by atoms with Gasteiger partial charge in [0.15, 0.2) is 0 Å². The molecule has 3 amide bonds. The predicted molar refractivity (Wildman–Crippen MR) is 90.9 cm³/mol. The average Bonchev–Trinajstić information content (AvgIpc) is 2.78. The monoisotopic (exact) mass is 337 g/mol. The van der Waals surface area contributed by atoms with E-state index in [1.54, 1.807) is 16.6 Å². The standard InChI is InChI=1S/C16H27N5O3/c1-6-8-17-14(22)18-13-11-10-21(15(23)24-16(2,3)4)9-7-12(11)19-20(13)5/h6-10H2,1-5H3,(H2,17,18,22). The number of rotatable bonds is 3. The molecule has 0 unspecified atom stereocenters. The zero-order valence-electron chi connectivity index (χ0n) is 15.1. The molecule has 134 valence electrons. The minimum atomic E-state index is -0.534. The Balaban J connectivity index is 2.12. The Morgan fingerprint density at radius 2 is 2.04 bits per heavy atom. The van der Waals surface area contributed by atoms with Crippen molar-refractivity contribution in [1.82, 2.24) is 20.0 Å². The number of carbonyl (C=O) groups is 2. The molecule has 0 atom stereocenters. The van der Waals surface area contributed by atoms with E-state index in [9.17, 15) is 9.59 Å². The maximum atomic E-state index is 12.3. The van der Waals surface area contributed by atoms with Gasteiger partial charge in [-0.15, -0.1) is 0 Å². The molecule has 2 rings (SSSR count). The topological polar surface area (TPSA) is 88.5 Å². The predicted octanol–water partition coefficient (Wildman–Crippen LogP) is 2.24. The quantitative estimate of drug-likeness (QED) is 0.885. The molecule has 0 saturated carbocycles. The first-order valence-electron chi connectivity index (χ1n) is 8.28. The summed E-state index contributed by atoms with van der Waals surface area (Å²) in [6.45, 7) is 9.06. The number of aromatic nitrogens is 2. The Hall–Kier alpha value is -2.25. The number of fused-ring (bicyclic) bond motifs is 1. The van der Waals surface area contributed by atoms with Crippen LogP contribution in [0.4, 0.5) is 15.4 Å². The zero-order valence-corrected chi connectivity index (χ0v) is 15.1. The summed E-state index contributed by atoms with van der Waals surface area (Å²) in [5.74, 6) is 0.617. The number of carbonyl (C=O) groups excluding carboxylic acids is 2. The van der Waals surface area contributed by atoms with Gasteiger partial charge in [0.25, 0.3) is 0 Å². The van der Waals surface area contributed by atoms with E-state index in [0.29, 0.717) is 31.9 Å². The summed E-state index contributed by atoms with van der Waals surface area (Å²) in [5, 5.41) is 10.1. The molecule has 0 saturated heterocycles. The van der Waals surface area contributed by atoms with Crippen LogP contribution in [0.1, 0.15) is 45.4 Å². The number of aryl methyl sites for hydroxylation is 1. The van der Waals surface area contributed by atoms with Gasteiger partial charge in [-0.1, -0.05) is 6.92 Å². The van der Waals surface area contributed by atoms with Gasteiger partial charge in [0.05, 0.1) is 12.2 Å². The smallest absolute Gasteiger partial charge is 0.410 e. The molecule has 24 heavy (non-hydrogen) atoms. The molecule has 0 radical (unpaired) electrons. The lowest BCUT2D eigenvalue weighted by Crippen LogP contribution is -2.40. The Bertz CT molecular complexity index is 618. The first kappa shape index (κ1) is 18.1. The lowest BCUT2D eigenvalue weighted by molar-refractivity contribution is 0.0224. The van der Waals surface area contributed by atoms with Crippen molar-refractivity contribution in [3.05, 3.63) is 11.3 Å². The van der Waals surface area contributed by atoms with E-state index in [4.69, 9.17) is 4.74 Å². The third-order valence-corrected chi connectivity index (χ3v) is 3.62. The number of hydrogen-bond acceptors (Lipinski definition) is 4. The van der Waals surface area contributed by atoms with E-state index in [1.807, 2.05) is 27.7 Å². The molecular formula is C16H27N5O3. The molecule has 2 heterocycles.